The summed E-state index contributed by atoms with van der Waals surface area (Å²) in [6.45, 7) is 2.31. The summed E-state index contributed by atoms with van der Waals surface area (Å²) in [6.07, 6.45) is 0.133. The van der Waals surface area contributed by atoms with E-state index in [-0.39, 0.29) is 18.3 Å². The van der Waals surface area contributed by atoms with E-state index in [9.17, 15) is 9.18 Å². The molecule has 0 aliphatic carbocycles. The predicted octanol–water partition coefficient (Wildman–Crippen LogP) is 1.42. The maximum absolute atomic E-state index is 12.9. The number of hydrogen-bond donors (Lipinski definition) is 1. The fraction of sp³-hybridized carbons (Fsp3) is 0.462. The van der Waals surface area contributed by atoms with Crippen molar-refractivity contribution in [3.8, 4) is 0 Å². The molecule has 18 heavy (non-hydrogen) atoms. The van der Waals surface area contributed by atoms with Crippen LogP contribution in [0.3, 0.4) is 0 Å². The highest BCUT2D eigenvalue weighted by Crippen LogP contribution is 2.20. The van der Waals surface area contributed by atoms with Gasteiger partial charge in [0, 0.05) is 31.4 Å². The SMILES string of the molecule is CN1CCN(c2ccc(F)cc2)CC1CC(=O)O. The average molecular weight is 252 g/mol. The minimum absolute atomic E-state index is 0.00121. The number of carbonyl (C=O) groups is 1. The Balaban J connectivity index is 2.06. The van der Waals surface area contributed by atoms with Crippen LogP contribution in [0.25, 0.3) is 0 Å². The standard InChI is InChI=1S/C13H17FN2O2/c1-15-6-7-16(9-12(15)8-13(17)18)11-4-2-10(14)3-5-11/h2-5,12H,6-9H2,1H3,(H,17,18). The van der Waals surface area contributed by atoms with Gasteiger partial charge in [-0.2, -0.15) is 0 Å². The fourth-order valence-electron chi connectivity index (χ4n) is 2.25. The second-order valence-corrected chi connectivity index (χ2v) is 4.65. The van der Waals surface area contributed by atoms with E-state index in [0.717, 1.165) is 18.8 Å². The first-order chi connectivity index (χ1) is 8.56. The van der Waals surface area contributed by atoms with Gasteiger partial charge in [0.2, 0.25) is 0 Å². The lowest BCUT2D eigenvalue weighted by Gasteiger charge is -2.40. The summed E-state index contributed by atoms with van der Waals surface area (Å²) >= 11 is 0. The third-order valence-corrected chi connectivity index (χ3v) is 3.38. The monoisotopic (exact) mass is 252 g/mol. The van der Waals surface area contributed by atoms with Gasteiger partial charge >= 0.3 is 5.97 Å². The Bertz CT molecular complexity index is 422. The van der Waals surface area contributed by atoms with Gasteiger partial charge in [-0.25, -0.2) is 4.39 Å². The summed E-state index contributed by atoms with van der Waals surface area (Å²) in [6, 6.07) is 6.33. The van der Waals surface area contributed by atoms with E-state index in [0.29, 0.717) is 6.54 Å². The van der Waals surface area contributed by atoms with Gasteiger partial charge in [-0.1, -0.05) is 0 Å². The molecule has 1 N–H and O–H groups in total. The molecule has 1 aromatic rings. The molecule has 4 nitrogen and oxygen atoms in total. The van der Waals surface area contributed by atoms with Crippen molar-refractivity contribution < 1.29 is 14.3 Å². The van der Waals surface area contributed by atoms with E-state index < -0.39 is 5.97 Å². The van der Waals surface area contributed by atoms with Crippen LogP contribution >= 0.6 is 0 Å². The summed E-state index contributed by atoms with van der Waals surface area (Å²) in [7, 11) is 1.94. The number of rotatable bonds is 3. The molecule has 1 fully saturated rings. The van der Waals surface area contributed by atoms with E-state index in [1.54, 1.807) is 12.1 Å². The van der Waals surface area contributed by atoms with E-state index in [4.69, 9.17) is 5.11 Å². The van der Waals surface area contributed by atoms with Crippen molar-refractivity contribution in [1.82, 2.24) is 4.90 Å². The average Bonchev–Trinajstić information content (AvgIpc) is 2.32. The molecule has 1 aliphatic rings. The molecule has 1 heterocycles. The Morgan fingerprint density at radius 1 is 1.39 bits per heavy atom. The highest BCUT2D eigenvalue weighted by atomic mass is 19.1. The molecule has 1 atom stereocenters. The maximum Gasteiger partial charge on any atom is 0.305 e. The van der Waals surface area contributed by atoms with E-state index in [1.807, 2.05) is 7.05 Å². The van der Waals surface area contributed by atoms with Crippen molar-refractivity contribution in [3.05, 3.63) is 30.1 Å². The van der Waals surface area contributed by atoms with E-state index in [2.05, 4.69) is 9.80 Å². The van der Waals surface area contributed by atoms with Crippen LogP contribution in [0.2, 0.25) is 0 Å². The minimum Gasteiger partial charge on any atom is -0.481 e. The number of benzene rings is 1. The number of nitrogens with zero attached hydrogens (tertiary/aromatic N) is 2. The Labute approximate surface area is 106 Å². The van der Waals surface area contributed by atoms with Gasteiger partial charge in [0.05, 0.1) is 6.42 Å². The molecular formula is C13H17FN2O2. The fourth-order valence-corrected chi connectivity index (χ4v) is 2.25. The van der Waals surface area contributed by atoms with Gasteiger partial charge in [0.1, 0.15) is 5.82 Å². The maximum atomic E-state index is 12.9. The van der Waals surface area contributed by atoms with Crippen molar-refractivity contribution in [3.63, 3.8) is 0 Å². The van der Waals surface area contributed by atoms with Crippen LogP contribution in [0.15, 0.2) is 24.3 Å². The molecule has 1 saturated heterocycles. The van der Waals surface area contributed by atoms with Crippen LogP contribution in [0.5, 0.6) is 0 Å². The Kier molecular flexibility index (Phi) is 3.81. The second-order valence-electron chi connectivity index (χ2n) is 4.65. The zero-order chi connectivity index (χ0) is 13.1. The normalized spacial score (nSPS) is 21.0. The van der Waals surface area contributed by atoms with Crippen molar-refractivity contribution >= 4 is 11.7 Å². The summed E-state index contributed by atoms with van der Waals surface area (Å²) in [5.41, 5.74) is 0.944. The first kappa shape index (κ1) is 12.8. The molecule has 0 aromatic heterocycles. The van der Waals surface area contributed by atoms with Crippen LogP contribution in [0.1, 0.15) is 6.42 Å². The van der Waals surface area contributed by atoms with Crippen molar-refractivity contribution in [1.29, 1.82) is 0 Å². The van der Waals surface area contributed by atoms with Gasteiger partial charge in [-0.15, -0.1) is 0 Å². The molecule has 98 valence electrons. The number of likely N-dealkylation sites (N-methyl/N-ethyl adjacent to an activating group) is 1. The number of anilines is 1. The van der Waals surface area contributed by atoms with Gasteiger partial charge in [0.25, 0.3) is 0 Å². The summed E-state index contributed by atoms with van der Waals surface area (Å²) < 4.78 is 12.9. The molecule has 0 amide bonds. The summed E-state index contributed by atoms with van der Waals surface area (Å²) in [4.78, 5) is 15.0. The molecule has 1 unspecified atom stereocenters. The van der Waals surface area contributed by atoms with Crippen LogP contribution in [-0.2, 0) is 4.79 Å². The Morgan fingerprint density at radius 3 is 2.67 bits per heavy atom. The number of carboxylic acids is 1. The van der Waals surface area contributed by atoms with Crippen LogP contribution in [0.4, 0.5) is 10.1 Å². The quantitative estimate of drug-likeness (QED) is 0.883. The molecule has 0 spiro atoms. The molecular weight excluding hydrogens is 235 g/mol. The predicted molar refractivity (Wildman–Crippen MR) is 67.3 cm³/mol. The highest BCUT2D eigenvalue weighted by Gasteiger charge is 2.26. The third-order valence-electron chi connectivity index (χ3n) is 3.38. The third kappa shape index (κ3) is 2.98. The smallest absolute Gasteiger partial charge is 0.305 e. The molecule has 5 heteroatoms. The summed E-state index contributed by atoms with van der Waals surface area (Å²) in [5, 5.41) is 8.88. The Hall–Kier alpha value is -1.62. The topological polar surface area (TPSA) is 43.8 Å². The van der Waals surface area contributed by atoms with Crippen molar-refractivity contribution in [2.24, 2.45) is 0 Å². The Morgan fingerprint density at radius 2 is 2.06 bits per heavy atom. The van der Waals surface area contributed by atoms with Gasteiger partial charge in [-0.05, 0) is 31.3 Å². The number of aliphatic carboxylic acids is 1. The van der Waals surface area contributed by atoms with Crippen LogP contribution in [-0.4, -0.2) is 48.7 Å². The lowest BCUT2D eigenvalue weighted by molar-refractivity contribution is -0.138. The van der Waals surface area contributed by atoms with Crippen LogP contribution in [0, 0.1) is 5.82 Å². The largest absolute Gasteiger partial charge is 0.481 e. The molecule has 0 radical (unpaired) electrons. The zero-order valence-corrected chi connectivity index (χ0v) is 10.3. The number of piperazine rings is 1. The van der Waals surface area contributed by atoms with Crippen molar-refractivity contribution in [2.45, 2.75) is 12.5 Å². The van der Waals surface area contributed by atoms with Gasteiger partial charge < -0.3 is 10.0 Å². The molecule has 2 rings (SSSR count). The number of hydrogen-bond acceptors (Lipinski definition) is 3. The molecule has 0 bridgehead atoms. The summed E-state index contributed by atoms with van der Waals surface area (Å²) in [5.74, 6) is -1.04. The first-order valence-electron chi connectivity index (χ1n) is 5.99. The second kappa shape index (κ2) is 5.35. The van der Waals surface area contributed by atoms with E-state index >= 15 is 0 Å². The highest BCUT2D eigenvalue weighted by molar-refractivity contribution is 5.67. The number of carboxylic acid groups (broad SMARTS) is 1. The van der Waals surface area contributed by atoms with E-state index in [1.165, 1.54) is 12.1 Å². The van der Waals surface area contributed by atoms with Gasteiger partial charge in [0.15, 0.2) is 0 Å². The molecule has 1 aromatic carbocycles. The lowest BCUT2D eigenvalue weighted by atomic mass is 10.1. The number of halogens is 1. The lowest BCUT2D eigenvalue weighted by Crippen LogP contribution is -2.52. The molecule has 0 saturated carbocycles. The zero-order valence-electron chi connectivity index (χ0n) is 10.3. The van der Waals surface area contributed by atoms with Crippen molar-refractivity contribution in [2.75, 3.05) is 31.6 Å². The van der Waals surface area contributed by atoms with Crippen LogP contribution < -0.4 is 4.90 Å². The minimum atomic E-state index is -0.784. The van der Waals surface area contributed by atoms with Gasteiger partial charge in [-0.3, -0.25) is 9.69 Å². The first-order valence-corrected chi connectivity index (χ1v) is 5.99. The molecule has 1 aliphatic heterocycles.